The Hall–Kier alpha value is -2.20. The van der Waals surface area contributed by atoms with E-state index in [1.165, 1.54) is 5.69 Å². The second kappa shape index (κ2) is 5.84. The number of phenolic OH excluding ortho intramolecular Hbond substituents is 1. The summed E-state index contributed by atoms with van der Waals surface area (Å²) in [7, 11) is 0. The Kier molecular flexibility index (Phi) is 3.74. The van der Waals surface area contributed by atoms with E-state index in [0.29, 0.717) is 0 Å². The van der Waals surface area contributed by atoms with Crippen molar-refractivity contribution in [3.05, 3.63) is 48.5 Å². The van der Waals surface area contributed by atoms with E-state index in [-0.39, 0.29) is 5.75 Å². The number of ether oxygens (including phenoxy) is 1. The van der Waals surface area contributed by atoms with Gasteiger partial charge in [0.15, 0.2) is 0 Å². The van der Waals surface area contributed by atoms with Crippen LogP contribution in [0.25, 0.3) is 0 Å². The SMILES string of the molecule is Oc1ccc(Oc2ccc(N3CCNCC3)cc2)cc1. The normalized spacial score (nSPS) is 15.1. The van der Waals surface area contributed by atoms with Crippen LogP contribution in [0.15, 0.2) is 48.5 Å². The van der Waals surface area contributed by atoms with E-state index in [0.717, 1.165) is 37.7 Å². The van der Waals surface area contributed by atoms with Crippen LogP contribution in [-0.2, 0) is 0 Å². The van der Waals surface area contributed by atoms with Crippen LogP contribution in [0.1, 0.15) is 0 Å². The van der Waals surface area contributed by atoms with Crippen LogP contribution in [0.3, 0.4) is 0 Å². The third-order valence-electron chi connectivity index (χ3n) is 3.39. The molecule has 20 heavy (non-hydrogen) atoms. The zero-order chi connectivity index (χ0) is 13.8. The average Bonchev–Trinajstić information content (AvgIpc) is 2.51. The minimum absolute atomic E-state index is 0.242. The second-order valence-electron chi connectivity index (χ2n) is 4.83. The molecule has 0 atom stereocenters. The summed E-state index contributed by atoms with van der Waals surface area (Å²) in [5, 5.41) is 12.6. The van der Waals surface area contributed by atoms with Gasteiger partial charge in [0.05, 0.1) is 0 Å². The van der Waals surface area contributed by atoms with Gasteiger partial charge in [-0.05, 0) is 48.5 Å². The number of aromatic hydroxyl groups is 1. The fourth-order valence-electron chi connectivity index (χ4n) is 2.30. The molecule has 104 valence electrons. The largest absolute Gasteiger partial charge is 0.508 e. The predicted octanol–water partition coefficient (Wildman–Crippen LogP) is 2.59. The smallest absolute Gasteiger partial charge is 0.127 e. The quantitative estimate of drug-likeness (QED) is 0.900. The molecule has 0 radical (unpaired) electrons. The Bertz CT molecular complexity index is 546. The maximum atomic E-state index is 9.24. The fraction of sp³-hybridized carbons (Fsp3) is 0.250. The lowest BCUT2D eigenvalue weighted by atomic mass is 10.2. The molecule has 2 N–H and O–H groups in total. The summed E-state index contributed by atoms with van der Waals surface area (Å²) in [4.78, 5) is 2.36. The lowest BCUT2D eigenvalue weighted by Gasteiger charge is -2.29. The van der Waals surface area contributed by atoms with Crippen molar-refractivity contribution in [2.24, 2.45) is 0 Å². The molecule has 1 saturated heterocycles. The van der Waals surface area contributed by atoms with Crippen LogP contribution in [-0.4, -0.2) is 31.3 Å². The molecule has 0 amide bonds. The maximum absolute atomic E-state index is 9.24. The minimum Gasteiger partial charge on any atom is -0.508 e. The van der Waals surface area contributed by atoms with Crippen LogP contribution < -0.4 is 15.0 Å². The molecule has 1 aliphatic heterocycles. The van der Waals surface area contributed by atoms with Crippen LogP contribution in [0.2, 0.25) is 0 Å². The molecular formula is C16H18N2O2. The van der Waals surface area contributed by atoms with E-state index in [2.05, 4.69) is 22.3 Å². The van der Waals surface area contributed by atoms with Crippen molar-refractivity contribution in [3.63, 3.8) is 0 Å². The lowest BCUT2D eigenvalue weighted by Crippen LogP contribution is -2.43. The highest BCUT2D eigenvalue weighted by Crippen LogP contribution is 2.25. The highest BCUT2D eigenvalue weighted by molar-refractivity contribution is 5.50. The van der Waals surface area contributed by atoms with Gasteiger partial charge in [-0.25, -0.2) is 0 Å². The summed E-state index contributed by atoms with van der Waals surface area (Å²) in [6.45, 7) is 4.15. The van der Waals surface area contributed by atoms with E-state index in [1.807, 2.05) is 12.1 Å². The molecule has 0 aliphatic carbocycles. The van der Waals surface area contributed by atoms with Crippen molar-refractivity contribution in [3.8, 4) is 17.2 Å². The van der Waals surface area contributed by atoms with Gasteiger partial charge in [0, 0.05) is 31.9 Å². The summed E-state index contributed by atoms with van der Waals surface area (Å²) in [6.07, 6.45) is 0. The minimum atomic E-state index is 0.242. The Morgan fingerprint density at radius 1 is 0.850 bits per heavy atom. The van der Waals surface area contributed by atoms with E-state index >= 15 is 0 Å². The zero-order valence-electron chi connectivity index (χ0n) is 11.2. The molecule has 0 saturated carbocycles. The van der Waals surface area contributed by atoms with Gasteiger partial charge in [-0.3, -0.25) is 0 Å². The summed E-state index contributed by atoms with van der Waals surface area (Å²) in [6, 6.07) is 14.9. The molecule has 4 heteroatoms. The molecule has 3 rings (SSSR count). The van der Waals surface area contributed by atoms with Gasteiger partial charge in [0.2, 0.25) is 0 Å². The number of piperazine rings is 1. The van der Waals surface area contributed by atoms with Gasteiger partial charge < -0.3 is 20.1 Å². The topological polar surface area (TPSA) is 44.7 Å². The second-order valence-corrected chi connectivity index (χ2v) is 4.83. The number of benzene rings is 2. The lowest BCUT2D eigenvalue weighted by molar-refractivity contribution is 0.464. The molecule has 0 unspecified atom stereocenters. The molecular weight excluding hydrogens is 252 g/mol. The summed E-state index contributed by atoms with van der Waals surface area (Å²) < 4.78 is 5.73. The van der Waals surface area contributed by atoms with Crippen LogP contribution >= 0.6 is 0 Å². The number of rotatable bonds is 3. The van der Waals surface area contributed by atoms with Crippen molar-refractivity contribution in [2.75, 3.05) is 31.1 Å². The first kappa shape index (κ1) is 12.8. The van der Waals surface area contributed by atoms with Gasteiger partial charge in [0.1, 0.15) is 17.2 Å². The number of hydrogen-bond donors (Lipinski definition) is 2. The third-order valence-corrected chi connectivity index (χ3v) is 3.39. The molecule has 1 aliphatic rings. The van der Waals surface area contributed by atoms with Gasteiger partial charge >= 0.3 is 0 Å². The monoisotopic (exact) mass is 270 g/mol. The average molecular weight is 270 g/mol. The van der Waals surface area contributed by atoms with Crippen LogP contribution in [0.4, 0.5) is 5.69 Å². The number of phenols is 1. The van der Waals surface area contributed by atoms with Crippen LogP contribution in [0.5, 0.6) is 17.2 Å². The Morgan fingerprint density at radius 3 is 2.00 bits per heavy atom. The first-order valence-electron chi connectivity index (χ1n) is 6.84. The number of hydrogen-bond acceptors (Lipinski definition) is 4. The van der Waals surface area contributed by atoms with Gasteiger partial charge in [0.25, 0.3) is 0 Å². The Balaban J connectivity index is 1.67. The highest BCUT2D eigenvalue weighted by Gasteiger charge is 2.10. The highest BCUT2D eigenvalue weighted by atomic mass is 16.5. The van der Waals surface area contributed by atoms with Gasteiger partial charge in [-0.2, -0.15) is 0 Å². The summed E-state index contributed by atoms with van der Waals surface area (Å²) in [5.74, 6) is 1.76. The van der Waals surface area contributed by atoms with Crippen molar-refractivity contribution >= 4 is 5.69 Å². The maximum Gasteiger partial charge on any atom is 0.127 e. The van der Waals surface area contributed by atoms with Crippen molar-refractivity contribution in [1.29, 1.82) is 0 Å². The molecule has 2 aromatic rings. The van der Waals surface area contributed by atoms with Gasteiger partial charge in [-0.1, -0.05) is 0 Å². The number of nitrogens with one attached hydrogen (secondary N) is 1. The van der Waals surface area contributed by atoms with E-state index < -0.39 is 0 Å². The number of nitrogens with zero attached hydrogens (tertiary/aromatic N) is 1. The summed E-state index contributed by atoms with van der Waals surface area (Å²) in [5.41, 5.74) is 1.23. The molecule has 0 spiro atoms. The van der Waals surface area contributed by atoms with E-state index in [9.17, 15) is 5.11 Å². The number of anilines is 1. The molecule has 2 aromatic carbocycles. The Morgan fingerprint density at radius 2 is 1.40 bits per heavy atom. The Labute approximate surface area is 118 Å². The first-order chi connectivity index (χ1) is 9.81. The third kappa shape index (κ3) is 3.03. The molecule has 0 aromatic heterocycles. The predicted molar refractivity (Wildman–Crippen MR) is 79.7 cm³/mol. The zero-order valence-corrected chi connectivity index (χ0v) is 11.2. The summed E-state index contributed by atoms with van der Waals surface area (Å²) >= 11 is 0. The van der Waals surface area contributed by atoms with E-state index in [4.69, 9.17) is 4.74 Å². The molecule has 4 nitrogen and oxygen atoms in total. The van der Waals surface area contributed by atoms with Crippen LogP contribution in [0, 0.1) is 0 Å². The first-order valence-corrected chi connectivity index (χ1v) is 6.84. The molecule has 1 fully saturated rings. The molecule has 0 bridgehead atoms. The fourth-order valence-corrected chi connectivity index (χ4v) is 2.30. The van der Waals surface area contributed by atoms with Crippen molar-refractivity contribution in [2.45, 2.75) is 0 Å². The van der Waals surface area contributed by atoms with E-state index in [1.54, 1.807) is 24.3 Å². The standard InChI is InChI=1S/C16H18N2O2/c19-14-3-7-16(8-4-14)20-15-5-1-13(2-6-15)18-11-9-17-10-12-18/h1-8,17,19H,9-12H2. The van der Waals surface area contributed by atoms with Crippen molar-refractivity contribution < 1.29 is 9.84 Å². The van der Waals surface area contributed by atoms with Gasteiger partial charge in [-0.15, -0.1) is 0 Å². The molecule has 1 heterocycles. The van der Waals surface area contributed by atoms with Crippen molar-refractivity contribution in [1.82, 2.24) is 5.32 Å².